The van der Waals surface area contributed by atoms with Crippen molar-refractivity contribution in [3.05, 3.63) is 35.8 Å². The fourth-order valence-corrected chi connectivity index (χ4v) is 2.82. The number of nitrogens with one attached hydrogen (secondary N) is 1. The number of rotatable bonds is 7. The Morgan fingerprint density at radius 2 is 1.96 bits per heavy atom. The van der Waals surface area contributed by atoms with Crippen LogP contribution in [0.1, 0.15) is 31.5 Å². The number of fused-ring (bicyclic) bond motifs is 1. The summed E-state index contributed by atoms with van der Waals surface area (Å²) in [6.45, 7) is 7.12. The molecular formula is C21H27N5O2. The third-order valence-corrected chi connectivity index (χ3v) is 4.11. The smallest absolute Gasteiger partial charge is 0.163 e. The fourth-order valence-electron chi connectivity index (χ4n) is 2.82. The molecule has 28 heavy (non-hydrogen) atoms. The van der Waals surface area contributed by atoms with E-state index in [-0.39, 0.29) is 0 Å². The first kappa shape index (κ1) is 21.0. The number of terminal acetylenes is 1. The third kappa shape index (κ3) is 4.52. The van der Waals surface area contributed by atoms with Gasteiger partial charge in [-0.2, -0.15) is 5.10 Å². The molecular weight excluding hydrogens is 354 g/mol. The number of methoxy groups -OCH3 is 2. The lowest BCUT2D eigenvalue weighted by molar-refractivity contribution is 0.391. The van der Waals surface area contributed by atoms with Gasteiger partial charge in [0.1, 0.15) is 23.6 Å². The van der Waals surface area contributed by atoms with Crippen LogP contribution in [0.2, 0.25) is 0 Å². The fraction of sp³-hybridized carbons (Fsp3) is 0.381. The topological polar surface area (TPSA) is 74.1 Å². The molecule has 0 radical (unpaired) electrons. The van der Waals surface area contributed by atoms with Crippen LogP contribution in [-0.2, 0) is 13.1 Å². The van der Waals surface area contributed by atoms with Crippen LogP contribution in [0.5, 0.6) is 11.5 Å². The van der Waals surface area contributed by atoms with Gasteiger partial charge in [0.05, 0.1) is 31.8 Å². The van der Waals surface area contributed by atoms with E-state index in [1.165, 1.54) is 6.33 Å². The second-order valence-electron chi connectivity index (χ2n) is 5.71. The van der Waals surface area contributed by atoms with Gasteiger partial charge in [-0.25, -0.2) is 14.6 Å². The zero-order valence-electron chi connectivity index (χ0n) is 17.1. The molecule has 0 aliphatic heterocycles. The van der Waals surface area contributed by atoms with Crippen LogP contribution in [0, 0.1) is 19.3 Å². The van der Waals surface area contributed by atoms with Crippen molar-refractivity contribution in [3.63, 3.8) is 0 Å². The number of hydrogen-bond donors (Lipinski definition) is 1. The molecule has 0 aliphatic carbocycles. The van der Waals surface area contributed by atoms with E-state index in [0.717, 1.165) is 39.6 Å². The Morgan fingerprint density at radius 1 is 1.18 bits per heavy atom. The van der Waals surface area contributed by atoms with E-state index >= 15 is 0 Å². The van der Waals surface area contributed by atoms with Crippen LogP contribution < -0.4 is 14.8 Å². The highest BCUT2D eigenvalue weighted by Gasteiger charge is 2.14. The molecule has 0 spiro atoms. The number of anilines is 1. The zero-order chi connectivity index (χ0) is 20.5. The summed E-state index contributed by atoms with van der Waals surface area (Å²) in [7, 11) is 3.27. The molecule has 0 saturated heterocycles. The number of aromatic nitrogens is 4. The van der Waals surface area contributed by atoms with Crippen molar-refractivity contribution in [2.24, 2.45) is 0 Å². The molecule has 7 heteroatoms. The minimum Gasteiger partial charge on any atom is -0.497 e. The number of benzene rings is 1. The molecule has 3 aromatic rings. The average Bonchev–Trinajstić information content (AvgIpc) is 3.08. The molecule has 148 valence electrons. The summed E-state index contributed by atoms with van der Waals surface area (Å²) in [6, 6.07) is 5.72. The van der Waals surface area contributed by atoms with Gasteiger partial charge < -0.3 is 14.8 Å². The normalized spacial score (nSPS) is 10.0. The van der Waals surface area contributed by atoms with Crippen LogP contribution >= 0.6 is 0 Å². The first-order chi connectivity index (χ1) is 13.7. The molecule has 0 aliphatic rings. The summed E-state index contributed by atoms with van der Waals surface area (Å²) in [4.78, 5) is 8.75. The lowest BCUT2D eigenvalue weighted by Gasteiger charge is -2.12. The molecule has 2 aromatic heterocycles. The van der Waals surface area contributed by atoms with Gasteiger partial charge in [-0.05, 0) is 19.1 Å². The molecule has 0 saturated carbocycles. The van der Waals surface area contributed by atoms with E-state index in [2.05, 4.69) is 26.3 Å². The van der Waals surface area contributed by atoms with Gasteiger partial charge in [-0.3, -0.25) is 0 Å². The van der Waals surface area contributed by atoms with Gasteiger partial charge in [0.25, 0.3) is 0 Å². The Morgan fingerprint density at radius 3 is 2.64 bits per heavy atom. The minimum atomic E-state index is 0.550. The predicted octanol–water partition coefficient (Wildman–Crippen LogP) is 3.81. The van der Waals surface area contributed by atoms with Gasteiger partial charge >= 0.3 is 0 Å². The minimum absolute atomic E-state index is 0.550. The summed E-state index contributed by atoms with van der Waals surface area (Å²) >= 11 is 0. The van der Waals surface area contributed by atoms with E-state index in [9.17, 15) is 0 Å². The van der Waals surface area contributed by atoms with Crippen molar-refractivity contribution >= 4 is 16.9 Å². The molecule has 0 amide bonds. The Bertz CT molecular complexity index is 959. The molecule has 1 aromatic carbocycles. The van der Waals surface area contributed by atoms with Crippen molar-refractivity contribution in [1.82, 2.24) is 19.7 Å². The Kier molecular flexibility index (Phi) is 7.64. The van der Waals surface area contributed by atoms with Crippen LogP contribution in [0.25, 0.3) is 11.0 Å². The van der Waals surface area contributed by atoms with Crippen LogP contribution in [0.15, 0.2) is 24.5 Å². The summed E-state index contributed by atoms with van der Waals surface area (Å²) in [5, 5.41) is 8.80. The zero-order valence-corrected chi connectivity index (χ0v) is 17.1. The van der Waals surface area contributed by atoms with Gasteiger partial charge in [0.15, 0.2) is 5.65 Å². The third-order valence-electron chi connectivity index (χ3n) is 4.11. The van der Waals surface area contributed by atoms with Gasteiger partial charge in [-0.15, -0.1) is 12.3 Å². The van der Waals surface area contributed by atoms with Gasteiger partial charge in [0.2, 0.25) is 0 Å². The van der Waals surface area contributed by atoms with Gasteiger partial charge in [0, 0.05) is 24.6 Å². The molecule has 0 bridgehead atoms. The maximum atomic E-state index is 5.45. The van der Waals surface area contributed by atoms with Crippen LogP contribution in [0.4, 0.5) is 5.82 Å². The second kappa shape index (κ2) is 10.2. The van der Waals surface area contributed by atoms with Crippen LogP contribution in [0.3, 0.4) is 0 Å². The van der Waals surface area contributed by atoms with Crippen molar-refractivity contribution in [2.75, 3.05) is 19.5 Å². The number of aryl methyl sites for hydroxylation is 2. The monoisotopic (exact) mass is 381 g/mol. The quantitative estimate of drug-likeness (QED) is 0.627. The van der Waals surface area contributed by atoms with Crippen molar-refractivity contribution in [2.45, 2.75) is 40.3 Å². The first-order valence-corrected chi connectivity index (χ1v) is 9.24. The molecule has 0 unspecified atom stereocenters. The number of hydrogen-bond acceptors (Lipinski definition) is 6. The molecule has 2 heterocycles. The Labute approximate surface area is 166 Å². The summed E-state index contributed by atoms with van der Waals surface area (Å²) in [5.74, 6) is 4.87. The standard InChI is InChI=1S/C19H21N5O2.C2H6/c1-5-6-9-24-19-17(13(2)23-24)18(21-12-22-19)20-11-14-7-8-15(25-3)10-16(14)26-4;1-2/h1,7-8,10,12H,6,9,11H2,2-4H3,(H,20,21,22);1-2H3. The van der Waals surface area contributed by atoms with E-state index in [1.54, 1.807) is 14.2 Å². The Balaban J connectivity index is 0.00000136. The molecule has 0 fully saturated rings. The molecule has 0 atom stereocenters. The highest BCUT2D eigenvalue weighted by atomic mass is 16.5. The van der Waals surface area contributed by atoms with Crippen molar-refractivity contribution < 1.29 is 9.47 Å². The molecule has 7 nitrogen and oxygen atoms in total. The van der Waals surface area contributed by atoms with E-state index in [4.69, 9.17) is 15.9 Å². The van der Waals surface area contributed by atoms with E-state index in [0.29, 0.717) is 19.5 Å². The molecule has 1 N–H and O–H groups in total. The average molecular weight is 381 g/mol. The highest BCUT2D eigenvalue weighted by Crippen LogP contribution is 2.27. The number of ether oxygens (including phenoxy) is 2. The maximum Gasteiger partial charge on any atom is 0.163 e. The Hall–Kier alpha value is -3.27. The largest absolute Gasteiger partial charge is 0.497 e. The predicted molar refractivity (Wildman–Crippen MR) is 112 cm³/mol. The SMILES string of the molecule is C#CCCn1nc(C)c2c(NCc3ccc(OC)cc3OC)ncnc21.CC. The lowest BCUT2D eigenvalue weighted by atomic mass is 10.2. The summed E-state index contributed by atoms with van der Waals surface area (Å²) in [5.41, 5.74) is 2.64. The molecule has 3 rings (SSSR count). The van der Waals surface area contributed by atoms with Crippen LogP contribution in [-0.4, -0.2) is 34.0 Å². The van der Waals surface area contributed by atoms with Gasteiger partial charge in [-0.1, -0.05) is 13.8 Å². The van der Waals surface area contributed by atoms with Crippen molar-refractivity contribution in [3.8, 4) is 23.8 Å². The second-order valence-corrected chi connectivity index (χ2v) is 5.71. The number of nitrogens with zero attached hydrogens (tertiary/aromatic N) is 4. The van der Waals surface area contributed by atoms with E-state index < -0.39 is 0 Å². The van der Waals surface area contributed by atoms with Crippen molar-refractivity contribution in [1.29, 1.82) is 0 Å². The lowest BCUT2D eigenvalue weighted by Crippen LogP contribution is -2.05. The maximum absolute atomic E-state index is 5.45. The summed E-state index contributed by atoms with van der Waals surface area (Å²) in [6.07, 6.45) is 7.49. The highest BCUT2D eigenvalue weighted by molar-refractivity contribution is 5.89. The first-order valence-electron chi connectivity index (χ1n) is 9.24. The summed E-state index contributed by atoms with van der Waals surface area (Å²) < 4.78 is 12.5. The van der Waals surface area contributed by atoms with E-state index in [1.807, 2.05) is 43.7 Å².